The second-order valence-corrected chi connectivity index (χ2v) is 7.33. The van der Waals surface area contributed by atoms with Gasteiger partial charge in [-0.2, -0.15) is 5.26 Å². The molecule has 0 spiro atoms. The summed E-state index contributed by atoms with van der Waals surface area (Å²) in [7, 11) is 0. The maximum atomic E-state index is 12.6. The van der Waals surface area contributed by atoms with Crippen molar-refractivity contribution < 1.29 is 4.79 Å². The van der Waals surface area contributed by atoms with E-state index in [1.807, 2.05) is 4.90 Å². The normalized spacial score (nSPS) is 39.4. The van der Waals surface area contributed by atoms with Crippen LogP contribution in [0.2, 0.25) is 0 Å². The number of nitriles is 1. The molecular formula is C16H25N3O. The van der Waals surface area contributed by atoms with Crippen LogP contribution in [0.1, 0.15) is 51.9 Å². The molecule has 1 unspecified atom stereocenters. The van der Waals surface area contributed by atoms with E-state index >= 15 is 0 Å². The summed E-state index contributed by atoms with van der Waals surface area (Å²) in [5.74, 6) is 2.44. The van der Waals surface area contributed by atoms with Gasteiger partial charge in [-0.15, -0.1) is 0 Å². The Morgan fingerprint density at radius 1 is 1.30 bits per heavy atom. The molecular weight excluding hydrogens is 250 g/mol. The SMILES string of the molecule is CC(N)C(=O)N(CCC#N)C12CC3CC(CC(C3)C1)C2. The Kier molecular flexibility index (Phi) is 3.50. The number of hydrogen-bond acceptors (Lipinski definition) is 3. The summed E-state index contributed by atoms with van der Waals surface area (Å²) in [6, 6.07) is 1.73. The Morgan fingerprint density at radius 2 is 1.80 bits per heavy atom. The minimum atomic E-state index is -0.457. The van der Waals surface area contributed by atoms with Crippen LogP contribution >= 0.6 is 0 Å². The van der Waals surface area contributed by atoms with Gasteiger partial charge < -0.3 is 10.6 Å². The quantitative estimate of drug-likeness (QED) is 0.853. The fourth-order valence-corrected chi connectivity index (χ4v) is 5.38. The summed E-state index contributed by atoms with van der Waals surface area (Å²) >= 11 is 0. The second kappa shape index (κ2) is 5.04. The van der Waals surface area contributed by atoms with E-state index in [1.165, 1.54) is 19.3 Å². The molecule has 4 aliphatic rings. The van der Waals surface area contributed by atoms with E-state index in [2.05, 4.69) is 6.07 Å². The van der Waals surface area contributed by atoms with Gasteiger partial charge in [-0.1, -0.05) is 0 Å². The van der Waals surface area contributed by atoms with Crippen LogP contribution in [0.15, 0.2) is 0 Å². The Bertz CT molecular complexity index is 402. The van der Waals surface area contributed by atoms with E-state index in [1.54, 1.807) is 6.92 Å². The highest BCUT2D eigenvalue weighted by Crippen LogP contribution is 2.57. The fraction of sp³-hybridized carbons (Fsp3) is 0.875. The van der Waals surface area contributed by atoms with Crippen LogP contribution in [0.25, 0.3) is 0 Å². The van der Waals surface area contributed by atoms with Crippen LogP contribution in [0.3, 0.4) is 0 Å². The van der Waals surface area contributed by atoms with Crippen molar-refractivity contribution in [3.63, 3.8) is 0 Å². The Hall–Kier alpha value is -1.08. The molecule has 0 heterocycles. The third-order valence-corrected chi connectivity index (χ3v) is 5.68. The molecule has 4 saturated carbocycles. The van der Waals surface area contributed by atoms with Crippen LogP contribution in [0, 0.1) is 29.1 Å². The maximum Gasteiger partial charge on any atom is 0.239 e. The lowest BCUT2D eigenvalue weighted by atomic mass is 9.52. The van der Waals surface area contributed by atoms with Crippen LogP contribution < -0.4 is 5.73 Å². The molecule has 0 aliphatic heterocycles. The van der Waals surface area contributed by atoms with Crippen molar-refractivity contribution in [2.75, 3.05) is 6.54 Å². The van der Waals surface area contributed by atoms with Gasteiger partial charge in [0.25, 0.3) is 0 Å². The van der Waals surface area contributed by atoms with Gasteiger partial charge in [0.2, 0.25) is 5.91 Å². The van der Waals surface area contributed by atoms with Crippen LogP contribution in [-0.2, 0) is 4.79 Å². The first-order chi connectivity index (χ1) is 9.54. The molecule has 4 bridgehead atoms. The van der Waals surface area contributed by atoms with Gasteiger partial charge in [0, 0.05) is 12.1 Å². The zero-order valence-corrected chi connectivity index (χ0v) is 12.3. The summed E-state index contributed by atoms with van der Waals surface area (Å²) in [5.41, 5.74) is 5.88. The molecule has 0 saturated heterocycles. The summed E-state index contributed by atoms with van der Waals surface area (Å²) in [4.78, 5) is 14.6. The number of nitrogens with zero attached hydrogens (tertiary/aromatic N) is 2. The monoisotopic (exact) mass is 275 g/mol. The Balaban J connectivity index is 1.86. The number of hydrogen-bond donors (Lipinski definition) is 1. The predicted molar refractivity (Wildman–Crippen MR) is 76.5 cm³/mol. The van der Waals surface area contributed by atoms with Gasteiger partial charge in [0.1, 0.15) is 0 Å². The van der Waals surface area contributed by atoms with Crippen molar-refractivity contribution in [1.82, 2.24) is 4.90 Å². The third kappa shape index (κ3) is 2.22. The molecule has 0 radical (unpaired) electrons. The molecule has 20 heavy (non-hydrogen) atoms. The minimum Gasteiger partial charge on any atom is -0.335 e. The molecule has 4 aliphatic carbocycles. The van der Waals surface area contributed by atoms with Crippen LogP contribution in [0.4, 0.5) is 0 Å². The highest BCUT2D eigenvalue weighted by molar-refractivity contribution is 5.82. The van der Waals surface area contributed by atoms with Crippen molar-refractivity contribution in [3.05, 3.63) is 0 Å². The van der Waals surface area contributed by atoms with Crippen LogP contribution in [0.5, 0.6) is 0 Å². The van der Waals surface area contributed by atoms with Crippen molar-refractivity contribution in [2.45, 2.75) is 63.5 Å². The number of amides is 1. The van der Waals surface area contributed by atoms with Crippen LogP contribution in [-0.4, -0.2) is 28.9 Å². The van der Waals surface area contributed by atoms with E-state index in [9.17, 15) is 4.79 Å². The smallest absolute Gasteiger partial charge is 0.239 e. The largest absolute Gasteiger partial charge is 0.335 e. The molecule has 0 aromatic carbocycles. The van der Waals surface area contributed by atoms with Crippen molar-refractivity contribution in [2.24, 2.45) is 23.5 Å². The molecule has 0 aromatic rings. The molecule has 110 valence electrons. The Morgan fingerprint density at radius 3 is 2.20 bits per heavy atom. The van der Waals surface area contributed by atoms with Crippen molar-refractivity contribution >= 4 is 5.91 Å². The fourth-order valence-electron chi connectivity index (χ4n) is 5.38. The highest BCUT2D eigenvalue weighted by Gasteiger charge is 2.54. The zero-order valence-electron chi connectivity index (χ0n) is 12.3. The van der Waals surface area contributed by atoms with Gasteiger partial charge >= 0.3 is 0 Å². The summed E-state index contributed by atoms with van der Waals surface area (Å²) < 4.78 is 0. The lowest BCUT2D eigenvalue weighted by molar-refractivity contribution is -0.151. The van der Waals surface area contributed by atoms with Crippen molar-refractivity contribution in [3.8, 4) is 6.07 Å². The lowest BCUT2D eigenvalue weighted by Gasteiger charge is -2.60. The number of rotatable bonds is 4. The second-order valence-electron chi connectivity index (χ2n) is 7.33. The highest BCUT2D eigenvalue weighted by atomic mass is 16.2. The van der Waals surface area contributed by atoms with Gasteiger partial charge in [-0.25, -0.2) is 0 Å². The molecule has 1 atom stereocenters. The molecule has 0 aromatic heterocycles. The van der Waals surface area contributed by atoms with Crippen molar-refractivity contribution in [1.29, 1.82) is 5.26 Å². The number of carbonyl (C=O) groups is 1. The molecule has 2 N–H and O–H groups in total. The number of nitrogens with two attached hydrogens (primary N) is 1. The predicted octanol–water partition coefficient (Wildman–Crippen LogP) is 2.04. The van der Waals surface area contributed by atoms with Gasteiger partial charge in [-0.05, 0) is 63.2 Å². The van der Waals surface area contributed by atoms with Gasteiger partial charge in [0.15, 0.2) is 0 Å². The lowest BCUT2D eigenvalue weighted by Crippen LogP contribution is -2.63. The molecule has 4 fully saturated rings. The first-order valence-corrected chi connectivity index (χ1v) is 7.98. The molecule has 4 rings (SSSR count). The van der Waals surface area contributed by atoms with E-state index in [-0.39, 0.29) is 11.4 Å². The standard InChI is InChI=1S/C16H25N3O/c1-11(18)15(20)19(4-2-3-17)16-8-12-5-13(9-16)7-14(6-12)10-16/h11-14H,2,4-10,18H2,1H3. The average molecular weight is 275 g/mol. The topological polar surface area (TPSA) is 70.1 Å². The Labute approximate surface area is 121 Å². The minimum absolute atomic E-state index is 0.0241. The first kappa shape index (κ1) is 13.9. The third-order valence-electron chi connectivity index (χ3n) is 5.68. The summed E-state index contributed by atoms with van der Waals surface area (Å²) in [6.07, 6.45) is 7.92. The molecule has 4 nitrogen and oxygen atoms in total. The first-order valence-electron chi connectivity index (χ1n) is 7.98. The summed E-state index contributed by atoms with van der Waals surface area (Å²) in [5, 5.41) is 8.90. The van der Waals surface area contributed by atoms with E-state index in [0.717, 1.165) is 37.0 Å². The van der Waals surface area contributed by atoms with E-state index in [0.29, 0.717) is 13.0 Å². The molecule has 4 heteroatoms. The van der Waals surface area contributed by atoms with E-state index < -0.39 is 6.04 Å². The average Bonchev–Trinajstić information content (AvgIpc) is 2.36. The maximum absolute atomic E-state index is 12.6. The van der Waals surface area contributed by atoms with Gasteiger partial charge in [0.05, 0.1) is 18.5 Å². The number of carbonyl (C=O) groups excluding carboxylic acids is 1. The zero-order chi connectivity index (χ0) is 14.3. The van der Waals surface area contributed by atoms with E-state index in [4.69, 9.17) is 11.0 Å². The summed E-state index contributed by atoms with van der Waals surface area (Å²) in [6.45, 7) is 2.32. The van der Waals surface area contributed by atoms with Gasteiger partial charge in [-0.3, -0.25) is 4.79 Å². The molecule has 1 amide bonds.